The summed E-state index contributed by atoms with van der Waals surface area (Å²) in [4.78, 5) is 14.8. The highest BCUT2D eigenvalue weighted by Gasteiger charge is 2.25. The number of fused-ring (bicyclic) bond motifs is 1. The standard InChI is InChI=1S/C21H26N6O2/c1-3-29-18-6-4-16(5-7-18)14-22-21(28)17-10-12-26(13-11-17)20-9-8-19-24-23-15(2)27(19)25-20/h4-9,17H,3,10-14H2,1-2H3,(H,22,28). The van der Waals surface area contributed by atoms with Gasteiger partial charge in [-0.2, -0.15) is 4.52 Å². The number of carbonyl (C=O) groups is 1. The fourth-order valence-electron chi connectivity index (χ4n) is 3.63. The molecule has 0 radical (unpaired) electrons. The highest BCUT2D eigenvalue weighted by molar-refractivity contribution is 5.79. The van der Waals surface area contributed by atoms with Crippen LogP contribution in [-0.2, 0) is 11.3 Å². The lowest BCUT2D eigenvalue weighted by Gasteiger charge is -2.32. The molecule has 152 valence electrons. The lowest BCUT2D eigenvalue weighted by Crippen LogP contribution is -2.40. The fraction of sp³-hybridized carbons (Fsp3) is 0.429. The number of benzene rings is 1. The third kappa shape index (κ3) is 4.31. The van der Waals surface area contributed by atoms with Crippen LogP contribution in [0.3, 0.4) is 0 Å². The van der Waals surface area contributed by atoms with Gasteiger partial charge >= 0.3 is 0 Å². The topological polar surface area (TPSA) is 84.6 Å². The van der Waals surface area contributed by atoms with Gasteiger partial charge in [0, 0.05) is 25.6 Å². The van der Waals surface area contributed by atoms with Crippen LogP contribution in [0.5, 0.6) is 5.75 Å². The average Bonchev–Trinajstić information content (AvgIpc) is 3.13. The monoisotopic (exact) mass is 394 g/mol. The molecule has 8 heteroatoms. The van der Waals surface area contributed by atoms with E-state index in [1.54, 1.807) is 4.52 Å². The highest BCUT2D eigenvalue weighted by Crippen LogP contribution is 2.22. The molecule has 4 rings (SSSR count). The van der Waals surface area contributed by atoms with Crippen LogP contribution in [0.25, 0.3) is 5.65 Å². The van der Waals surface area contributed by atoms with E-state index in [1.807, 2.05) is 50.2 Å². The summed E-state index contributed by atoms with van der Waals surface area (Å²) in [6.07, 6.45) is 1.63. The van der Waals surface area contributed by atoms with E-state index in [0.717, 1.165) is 54.5 Å². The van der Waals surface area contributed by atoms with Gasteiger partial charge in [-0.05, 0) is 56.5 Å². The Hall–Kier alpha value is -3.16. The second-order valence-electron chi connectivity index (χ2n) is 7.26. The van der Waals surface area contributed by atoms with Crippen molar-refractivity contribution >= 4 is 17.4 Å². The molecular weight excluding hydrogens is 368 g/mol. The molecule has 0 unspecified atom stereocenters. The van der Waals surface area contributed by atoms with Crippen LogP contribution in [0.15, 0.2) is 36.4 Å². The van der Waals surface area contributed by atoms with Crippen molar-refractivity contribution in [3.63, 3.8) is 0 Å². The summed E-state index contributed by atoms with van der Waals surface area (Å²) in [7, 11) is 0. The van der Waals surface area contributed by atoms with Crippen molar-refractivity contribution < 1.29 is 9.53 Å². The second kappa shape index (κ2) is 8.46. The number of nitrogens with one attached hydrogen (secondary N) is 1. The average molecular weight is 394 g/mol. The first kappa shape index (κ1) is 19.2. The van der Waals surface area contributed by atoms with Crippen LogP contribution in [0.1, 0.15) is 31.2 Å². The van der Waals surface area contributed by atoms with Gasteiger partial charge in [-0.1, -0.05) is 12.1 Å². The fourth-order valence-corrected chi connectivity index (χ4v) is 3.63. The van der Waals surface area contributed by atoms with Gasteiger partial charge in [0.1, 0.15) is 11.6 Å². The van der Waals surface area contributed by atoms with Crippen LogP contribution in [0.2, 0.25) is 0 Å². The molecular formula is C21H26N6O2. The minimum absolute atomic E-state index is 0.0364. The number of hydrogen-bond donors (Lipinski definition) is 1. The maximum absolute atomic E-state index is 12.6. The van der Waals surface area contributed by atoms with Gasteiger partial charge in [-0.15, -0.1) is 15.3 Å². The molecule has 0 aliphatic carbocycles. The third-order valence-corrected chi connectivity index (χ3v) is 5.30. The predicted molar refractivity (Wildman–Crippen MR) is 110 cm³/mol. The Kier molecular flexibility index (Phi) is 5.59. The van der Waals surface area contributed by atoms with E-state index in [4.69, 9.17) is 4.74 Å². The molecule has 1 saturated heterocycles. The Bertz CT molecular complexity index is 977. The Labute approximate surface area is 169 Å². The Balaban J connectivity index is 1.29. The summed E-state index contributed by atoms with van der Waals surface area (Å²) in [5.41, 5.74) is 1.82. The van der Waals surface area contributed by atoms with E-state index in [-0.39, 0.29) is 11.8 Å². The Morgan fingerprint density at radius 1 is 1.14 bits per heavy atom. The van der Waals surface area contributed by atoms with Crippen molar-refractivity contribution in [1.82, 2.24) is 25.1 Å². The molecule has 0 spiro atoms. The molecule has 1 aliphatic heterocycles. The van der Waals surface area contributed by atoms with E-state index >= 15 is 0 Å². The molecule has 29 heavy (non-hydrogen) atoms. The summed E-state index contributed by atoms with van der Waals surface area (Å²) in [6, 6.07) is 11.7. The SMILES string of the molecule is CCOc1ccc(CNC(=O)C2CCN(c3ccc4nnc(C)n4n3)CC2)cc1. The number of rotatable bonds is 6. The quantitative estimate of drug-likeness (QED) is 0.691. The molecule has 1 aliphatic rings. The molecule has 0 saturated carbocycles. The minimum atomic E-state index is 0.0364. The normalized spacial score (nSPS) is 14.9. The number of anilines is 1. The maximum atomic E-state index is 12.6. The van der Waals surface area contributed by atoms with Gasteiger partial charge in [0.05, 0.1) is 6.61 Å². The number of piperidine rings is 1. The molecule has 2 aromatic heterocycles. The first-order valence-electron chi connectivity index (χ1n) is 10.1. The van der Waals surface area contributed by atoms with E-state index < -0.39 is 0 Å². The van der Waals surface area contributed by atoms with Crippen molar-refractivity contribution in [2.75, 3.05) is 24.6 Å². The molecule has 1 fully saturated rings. The number of amides is 1. The van der Waals surface area contributed by atoms with Crippen LogP contribution in [-0.4, -0.2) is 45.4 Å². The van der Waals surface area contributed by atoms with E-state index in [2.05, 4.69) is 25.5 Å². The van der Waals surface area contributed by atoms with Crippen molar-refractivity contribution in [2.24, 2.45) is 5.92 Å². The van der Waals surface area contributed by atoms with Gasteiger partial charge in [0.15, 0.2) is 11.5 Å². The summed E-state index contributed by atoms with van der Waals surface area (Å²) >= 11 is 0. The zero-order valence-electron chi connectivity index (χ0n) is 16.8. The van der Waals surface area contributed by atoms with Gasteiger partial charge in [-0.3, -0.25) is 4.79 Å². The molecule has 0 bridgehead atoms. The number of aromatic nitrogens is 4. The summed E-state index contributed by atoms with van der Waals surface area (Å²) in [5.74, 6) is 2.67. The van der Waals surface area contributed by atoms with Crippen LogP contribution in [0.4, 0.5) is 5.82 Å². The Morgan fingerprint density at radius 3 is 2.62 bits per heavy atom. The summed E-state index contributed by atoms with van der Waals surface area (Å²) in [6.45, 7) is 6.65. The van der Waals surface area contributed by atoms with Gasteiger partial charge in [0.2, 0.25) is 5.91 Å². The van der Waals surface area contributed by atoms with Crippen molar-refractivity contribution in [1.29, 1.82) is 0 Å². The zero-order chi connectivity index (χ0) is 20.2. The van der Waals surface area contributed by atoms with Crippen LogP contribution in [0, 0.1) is 12.8 Å². The van der Waals surface area contributed by atoms with Crippen LogP contribution >= 0.6 is 0 Å². The molecule has 1 aromatic carbocycles. The summed E-state index contributed by atoms with van der Waals surface area (Å²) < 4.78 is 7.20. The molecule has 1 N–H and O–H groups in total. The first-order chi connectivity index (χ1) is 14.1. The smallest absolute Gasteiger partial charge is 0.223 e. The highest BCUT2D eigenvalue weighted by atomic mass is 16.5. The number of hydrogen-bond acceptors (Lipinski definition) is 6. The first-order valence-corrected chi connectivity index (χ1v) is 10.1. The number of ether oxygens (including phenoxy) is 1. The predicted octanol–water partition coefficient (Wildman–Crippen LogP) is 2.36. The Morgan fingerprint density at radius 2 is 1.90 bits per heavy atom. The number of nitrogens with zero attached hydrogens (tertiary/aromatic N) is 5. The van der Waals surface area contributed by atoms with Crippen molar-refractivity contribution in [2.45, 2.75) is 33.2 Å². The molecule has 0 atom stereocenters. The minimum Gasteiger partial charge on any atom is -0.494 e. The third-order valence-electron chi connectivity index (χ3n) is 5.30. The largest absolute Gasteiger partial charge is 0.494 e. The second-order valence-corrected chi connectivity index (χ2v) is 7.26. The van der Waals surface area contributed by atoms with E-state index in [0.29, 0.717) is 13.2 Å². The van der Waals surface area contributed by atoms with Crippen molar-refractivity contribution in [3.05, 3.63) is 47.8 Å². The van der Waals surface area contributed by atoms with Gasteiger partial charge in [0.25, 0.3) is 0 Å². The molecule has 3 heterocycles. The summed E-state index contributed by atoms with van der Waals surface area (Å²) in [5, 5.41) is 15.8. The van der Waals surface area contributed by atoms with Gasteiger partial charge in [-0.25, -0.2) is 0 Å². The molecule has 3 aromatic rings. The van der Waals surface area contributed by atoms with Gasteiger partial charge < -0.3 is 15.0 Å². The lowest BCUT2D eigenvalue weighted by molar-refractivity contribution is -0.125. The van der Waals surface area contributed by atoms with E-state index in [1.165, 1.54) is 0 Å². The molecule has 8 nitrogen and oxygen atoms in total. The lowest BCUT2D eigenvalue weighted by atomic mass is 9.96. The zero-order valence-corrected chi connectivity index (χ0v) is 16.8. The van der Waals surface area contributed by atoms with Crippen LogP contribution < -0.4 is 15.0 Å². The number of aryl methyl sites for hydroxylation is 1. The molecule has 1 amide bonds. The van der Waals surface area contributed by atoms with Crippen molar-refractivity contribution in [3.8, 4) is 5.75 Å². The van der Waals surface area contributed by atoms with E-state index in [9.17, 15) is 4.79 Å². The number of carbonyl (C=O) groups excluding carboxylic acids is 1. The maximum Gasteiger partial charge on any atom is 0.223 e.